The quantitative estimate of drug-likeness (QED) is 0.298. The summed E-state index contributed by atoms with van der Waals surface area (Å²) in [6.07, 6.45) is 0. The lowest BCUT2D eigenvalue weighted by molar-refractivity contribution is -0.385. The summed E-state index contributed by atoms with van der Waals surface area (Å²) in [6.45, 7) is 0.876. The van der Waals surface area contributed by atoms with Crippen LogP contribution in [0.25, 0.3) is 0 Å². The first kappa shape index (κ1) is 20.9. The van der Waals surface area contributed by atoms with Gasteiger partial charge in [-0.2, -0.15) is 0 Å². The molecule has 0 fully saturated rings. The number of esters is 1. The Morgan fingerprint density at radius 3 is 2.57 bits per heavy atom. The molecule has 0 atom stereocenters. The zero-order valence-electron chi connectivity index (χ0n) is 14.8. The third-order valence-corrected chi connectivity index (χ3v) is 4.60. The molecule has 0 unspecified atom stereocenters. The van der Waals surface area contributed by atoms with E-state index >= 15 is 0 Å². The van der Waals surface area contributed by atoms with Crippen LogP contribution in [0.1, 0.15) is 15.9 Å². The molecule has 2 rings (SSSR count). The van der Waals surface area contributed by atoms with Gasteiger partial charge in [0.1, 0.15) is 5.56 Å². The minimum Gasteiger partial charge on any atom is -0.452 e. The lowest BCUT2D eigenvalue weighted by Gasteiger charge is -2.11. The van der Waals surface area contributed by atoms with Gasteiger partial charge in [0.2, 0.25) is 5.91 Å². The third kappa shape index (κ3) is 5.55. The van der Waals surface area contributed by atoms with E-state index in [-0.39, 0.29) is 17.0 Å². The van der Waals surface area contributed by atoms with E-state index in [4.69, 9.17) is 10.5 Å². The monoisotopic (exact) mass is 403 g/mol. The smallest absolute Gasteiger partial charge is 0.345 e. The van der Waals surface area contributed by atoms with Crippen molar-refractivity contribution in [3.63, 3.8) is 0 Å². The summed E-state index contributed by atoms with van der Waals surface area (Å²) in [5.41, 5.74) is 5.27. The molecule has 2 aromatic rings. The Kier molecular flexibility index (Phi) is 7.10. The van der Waals surface area contributed by atoms with Gasteiger partial charge in [-0.05, 0) is 25.1 Å². The van der Waals surface area contributed by atoms with Gasteiger partial charge in [0.05, 0.1) is 16.4 Å². The van der Waals surface area contributed by atoms with Crippen LogP contribution in [-0.2, 0) is 14.3 Å². The number of thioether (sulfide) groups is 1. The van der Waals surface area contributed by atoms with E-state index in [9.17, 15) is 24.5 Å². The first-order valence-corrected chi connectivity index (χ1v) is 8.99. The van der Waals surface area contributed by atoms with Crippen molar-refractivity contribution in [1.82, 2.24) is 0 Å². The minimum absolute atomic E-state index is 0.0406. The van der Waals surface area contributed by atoms with Gasteiger partial charge in [-0.15, -0.1) is 11.8 Å². The summed E-state index contributed by atoms with van der Waals surface area (Å²) < 4.78 is 4.91. The van der Waals surface area contributed by atoms with E-state index in [1.54, 1.807) is 24.3 Å². The molecular weight excluding hydrogens is 386 g/mol. The van der Waals surface area contributed by atoms with Crippen LogP contribution in [0, 0.1) is 17.0 Å². The maximum atomic E-state index is 12.2. The number of para-hydroxylation sites is 2. The summed E-state index contributed by atoms with van der Waals surface area (Å²) in [5.74, 6) is -2.06. The van der Waals surface area contributed by atoms with Crippen LogP contribution in [0.5, 0.6) is 0 Å². The Morgan fingerprint density at radius 1 is 1.18 bits per heavy atom. The van der Waals surface area contributed by atoms with Gasteiger partial charge in [-0.3, -0.25) is 19.7 Å². The van der Waals surface area contributed by atoms with Crippen molar-refractivity contribution in [2.24, 2.45) is 5.73 Å². The molecular formula is C18H17N3O6S. The molecule has 2 amide bonds. The number of rotatable bonds is 8. The zero-order chi connectivity index (χ0) is 20.7. The fourth-order valence-electron chi connectivity index (χ4n) is 2.31. The number of aryl methyl sites for hydroxylation is 1. The molecule has 0 heterocycles. The summed E-state index contributed by atoms with van der Waals surface area (Å²) >= 11 is 1.15. The van der Waals surface area contributed by atoms with Crippen LogP contribution in [-0.4, -0.2) is 35.1 Å². The molecule has 0 bridgehead atoms. The van der Waals surface area contributed by atoms with E-state index < -0.39 is 29.3 Å². The number of nitro groups is 1. The Hall–Kier alpha value is -3.40. The van der Waals surface area contributed by atoms with Gasteiger partial charge in [0.15, 0.2) is 6.61 Å². The summed E-state index contributed by atoms with van der Waals surface area (Å²) in [5, 5.41) is 13.7. The van der Waals surface area contributed by atoms with Crippen LogP contribution in [0.2, 0.25) is 0 Å². The van der Waals surface area contributed by atoms with Crippen LogP contribution in [0.3, 0.4) is 0 Å². The number of amides is 2. The van der Waals surface area contributed by atoms with E-state index in [2.05, 4.69) is 5.32 Å². The molecule has 0 aliphatic carbocycles. The van der Waals surface area contributed by atoms with Crippen molar-refractivity contribution in [1.29, 1.82) is 0 Å². The molecule has 0 saturated heterocycles. The number of primary amides is 1. The van der Waals surface area contributed by atoms with Crippen molar-refractivity contribution >= 4 is 40.9 Å². The number of nitro benzene ring substituents is 1. The Morgan fingerprint density at radius 2 is 1.89 bits per heavy atom. The van der Waals surface area contributed by atoms with Crippen molar-refractivity contribution < 1.29 is 24.0 Å². The second-order valence-electron chi connectivity index (χ2n) is 5.60. The number of carbonyl (C=O) groups excluding carboxylic acids is 3. The number of carbonyl (C=O) groups is 3. The molecule has 0 aliphatic rings. The highest BCUT2D eigenvalue weighted by molar-refractivity contribution is 8.00. The number of nitrogens with one attached hydrogen (secondary N) is 1. The predicted molar refractivity (Wildman–Crippen MR) is 103 cm³/mol. The van der Waals surface area contributed by atoms with Gasteiger partial charge in [0, 0.05) is 10.5 Å². The van der Waals surface area contributed by atoms with E-state index in [1.807, 2.05) is 0 Å². The maximum absolute atomic E-state index is 12.2. The maximum Gasteiger partial charge on any atom is 0.345 e. The Labute approximate surface area is 164 Å². The topological polar surface area (TPSA) is 142 Å². The van der Waals surface area contributed by atoms with Crippen LogP contribution >= 0.6 is 11.8 Å². The summed E-state index contributed by atoms with van der Waals surface area (Å²) in [7, 11) is 0. The van der Waals surface area contributed by atoms with Gasteiger partial charge >= 0.3 is 5.97 Å². The Bertz CT molecular complexity index is 931. The Balaban J connectivity index is 2.02. The molecule has 0 saturated carbocycles. The summed E-state index contributed by atoms with van der Waals surface area (Å²) in [4.78, 5) is 46.3. The fourth-order valence-corrected chi connectivity index (χ4v) is 3.05. The third-order valence-electron chi connectivity index (χ3n) is 3.51. The molecule has 3 N–H and O–H groups in total. The average Bonchev–Trinajstić information content (AvgIpc) is 2.64. The van der Waals surface area contributed by atoms with Crippen molar-refractivity contribution in [2.45, 2.75) is 11.8 Å². The standard InChI is InChI=1S/C18H17N3O6S/c1-11-5-4-6-12(17(11)21(25)26)18(24)27-9-16(23)20-13-7-2-3-8-14(13)28-10-15(19)22/h2-8H,9-10H2,1H3,(H2,19,22)(H,20,23). The largest absolute Gasteiger partial charge is 0.452 e. The number of anilines is 1. The molecule has 0 aromatic heterocycles. The van der Waals surface area contributed by atoms with Crippen molar-refractivity contribution in [3.8, 4) is 0 Å². The van der Waals surface area contributed by atoms with Crippen molar-refractivity contribution in [3.05, 3.63) is 63.7 Å². The molecule has 0 aliphatic heterocycles. The SMILES string of the molecule is Cc1cccc(C(=O)OCC(=O)Nc2ccccc2SCC(N)=O)c1[N+](=O)[O-]. The zero-order valence-corrected chi connectivity index (χ0v) is 15.7. The number of ether oxygens (including phenoxy) is 1. The second-order valence-corrected chi connectivity index (χ2v) is 6.62. The summed E-state index contributed by atoms with van der Waals surface area (Å²) in [6, 6.07) is 11.0. The van der Waals surface area contributed by atoms with Gasteiger partial charge in [-0.25, -0.2) is 4.79 Å². The molecule has 146 valence electrons. The highest BCUT2D eigenvalue weighted by Crippen LogP contribution is 2.27. The van der Waals surface area contributed by atoms with Gasteiger partial charge in [0.25, 0.3) is 11.6 Å². The number of nitrogens with zero attached hydrogens (tertiary/aromatic N) is 1. The number of hydrogen-bond acceptors (Lipinski definition) is 7. The van der Waals surface area contributed by atoms with E-state index in [0.29, 0.717) is 16.1 Å². The number of benzene rings is 2. The van der Waals surface area contributed by atoms with Gasteiger partial charge in [-0.1, -0.05) is 24.3 Å². The van der Waals surface area contributed by atoms with Crippen LogP contribution in [0.15, 0.2) is 47.4 Å². The van der Waals surface area contributed by atoms with E-state index in [0.717, 1.165) is 11.8 Å². The lowest BCUT2D eigenvalue weighted by Crippen LogP contribution is -2.22. The van der Waals surface area contributed by atoms with Gasteiger partial charge < -0.3 is 15.8 Å². The average molecular weight is 403 g/mol. The minimum atomic E-state index is -0.970. The van der Waals surface area contributed by atoms with Crippen molar-refractivity contribution in [2.75, 3.05) is 17.7 Å². The second kappa shape index (κ2) is 9.51. The van der Waals surface area contributed by atoms with E-state index in [1.165, 1.54) is 25.1 Å². The number of nitrogens with two attached hydrogens (primary N) is 1. The normalized spacial score (nSPS) is 10.2. The van der Waals surface area contributed by atoms with Crippen LogP contribution in [0.4, 0.5) is 11.4 Å². The lowest BCUT2D eigenvalue weighted by atomic mass is 10.1. The highest BCUT2D eigenvalue weighted by atomic mass is 32.2. The molecule has 2 aromatic carbocycles. The molecule has 0 spiro atoms. The molecule has 0 radical (unpaired) electrons. The number of hydrogen-bond donors (Lipinski definition) is 2. The highest BCUT2D eigenvalue weighted by Gasteiger charge is 2.24. The first-order chi connectivity index (χ1) is 13.3. The van der Waals surface area contributed by atoms with Crippen LogP contribution < -0.4 is 11.1 Å². The molecule has 10 heteroatoms. The fraction of sp³-hybridized carbons (Fsp3) is 0.167. The predicted octanol–water partition coefficient (Wildman–Crippen LogP) is 2.28. The molecule has 28 heavy (non-hydrogen) atoms. The first-order valence-electron chi connectivity index (χ1n) is 8.00. The molecule has 9 nitrogen and oxygen atoms in total.